The molecule has 0 heterocycles. The summed E-state index contributed by atoms with van der Waals surface area (Å²) in [6.07, 6.45) is -5.35. The minimum absolute atomic E-state index is 0.0490. The van der Waals surface area contributed by atoms with E-state index >= 15 is 0 Å². The molecule has 0 saturated heterocycles. The van der Waals surface area contributed by atoms with Crippen LogP contribution in [0.2, 0.25) is 0 Å². The molecule has 0 fully saturated rings. The van der Waals surface area contributed by atoms with Gasteiger partial charge in [-0.2, -0.15) is 0 Å². The fourth-order valence-electron chi connectivity index (χ4n) is 6.09. The van der Waals surface area contributed by atoms with Crippen molar-refractivity contribution in [3.05, 3.63) is 33.4 Å². The van der Waals surface area contributed by atoms with Crippen LogP contribution < -0.4 is 0 Å². The smallest absolute Gasteiger partial charge is 0.303 e. The molecule has 0 amide bonds. The van der Waals surface area contributed by atoms with Crippen LogP contribution >= 0.6 is 0 Å². The number of carbonyl (C=O) groups excluding carboxylic acids is 6. The van der Waals surface area contributed by atoms with Crippen molar-refractivity contribution in [1.82, 2.24) is 0 Å². The Morgan fingerprint density at radius 3 is 0.590 bits per heavy atom. The molecular formula is C27H30O12. The minimum Gasteiger partial charge on any atom is -0.457 e. The molecule has 3 aliphatic rings. The Kier molecular flexibility index (Phi) is 7.67. The van der Waals surface area contributed by atoms with E-state index in [1.165, 1.54) is 41.5 Å². The zero-order chi connectivity index (χ0) is 28.8. The number of fused-ring (bicyclic) bond motifs is 6. The summed E-state index contributed by atoms with van der Waals surface area (Å²) in [5, 5.41) is 0. The maximum atomic E-state index is 12.1. The molecule has 1 aromatic rings. The Balaban J connectivity index is 2.11. The lowest BCUT2D eigenvalue weighted by atomic mass is 9.87. The molecule has 1 aromatic carbocycles. The lowest BCUT2D eigenvalue weighted by molar-refractivity contribution is -0.154. The van der Waals surface area contributed by atoms with E-state index in [2.05, 4.69) is 0 Å². The van der Waals surface area contributed by atoms with Crippen LogP contribution in [0.1, 0.15) is 131 Å². The summed E-state index contributed by atoms with van der Waals surface area (Å²) in [7, 11) is 0. The quantitative estimate of drug-likeness (QED) is 0.378. The summed E-state index contributed by atoms with van der Waals surface area (Å²) < 4.78 is 33.8. The first kappa shape index (κ1) is 28.1. The van der Waals surface area contributed by atoms with Gasteiger partial charge in [0.1, 0.15) is 36.6 Å². The predicted molar refractivity (Wildman–Crippen MR) is 127 cm³/mol. The monoisotopic (exact) mass is 546 g/mol. The first-order chi connectivity index (χ1) is 18.3. The molecule has 0 N–H and O–H groups in total. The van der Waals surface area contributed by atoms with E-state index in [9.17, 15) is 28.8 Å². The van der Waals surface area contributed by atoms with E-state index in [1.54, 1.807) is 0 Å². The third-order valence-corrected chi connectivity index (χ3v) is 6.81. The number of hydrogen-bond donors (Lipinski definition) is 0. The van der Waals surface area contributed by atoms with Crippen LogP contribution in [0.15, 0.2) is 0 Å². The normalized spacial score (nSPS) is 26.0. The van der Waals surface area contributed by atoms with Gasteiger partial charge in [0.05, 0.1) is 0 Å². The summed E-state index contributed by atoms with van der Waals surface area (Å²) in [4.78, 5) is 72.7. The zero-order valence-corrected chi connectivity index (χ0v) is 22.5. The lowest BCUT2D eigenvalue weighted by Gasteiger charge is -2.25. The molecule has 0 saturated carbocycles. The average molecular weight is 547 g/mol. The fourth-order valence-corrected chi connectivity index (χ4v) is 6.09. The second kappa shape index (κ2) is 10.7. The van der Waals surface area contributed by atoms with Crippen LogP contribution in [-0.2, 0) is 57.2 Å². The van der Waals surface area contributed by atoms with Gasteiger partial charge in [-0.15, -0.1) is 0 Å². The van der Waals surface area contributed by atoms with Crippen LogP contribution in [-0.4, -0.2) is 35.8 Å². The second-order valence-electron chi connectivity index (χ2n) is 9.78. The summed E-state index contributed by atoms with van der Waals surface area (Å²) in [6, 6.07) is 0. The van der Waals surface area contributed by atoms with Crippen molar-refractivity contribution in [2.24, 2.45) is 0 Å². The van der Waals surface area contributed by atoms with E-state index in [0.717, 1.165) is 0 Å². The van der Waals surface area contributed by atoms with Gasteiger partial charge in [0, 0.05) is 94.2 Å². The molecule has 0 unspecified atom stereocenters. The van der Waals surface area contributed by atoms with Crippen molar-refractivity contribution in [1.29, 1.82) is 0 Å². The van der Waals surface area contributed by atoms with Gasteiger partial charge in [-0.05, 0) is 0 Å². The Morgan fingerprint density at radius 1 is 0.359 bits per heavy atom. The van der Waals surface area contributed by atoms with Gasteiger partial charge < -0.3 is 28.4 Å². The maximum absolute atomic E-state index is 12.1. The Bertz CT molecular complexity index is 999. The number of hydrogen-bond acceptors (Lipinski definition) is 12. The first-order valence-electron chi connectivity index (χ1n) is 12.5. The number of ether oxygens (including phenoxy) is 6. The van der Waals surface area contributed by atoms with Crippen molar-refractivity contribution in [2.75, 3.05) is 0 Å². The largest absolute Gasteiger partial charge is 0.457 e. The van der Waals surface area contributed by atoms with Crippen LogP contribution in [0.3, 0.4) is 0 Å². The van der Waals surface area contributed by atoms with Gasteiger partial charge in [0.25, 0.3) is 0 Å². The molecule has 0 spiro atoms. The van der Waals surface area contributed by atoms with Crippen molar-refractivity contribution in [3.63, 3.8) is 0 Å². The van der Waals surface area contributed by atoms with Crippen LogP contribution in [0.5, 0.6) is 0 Å². The second-order valence-corrected chi connectivity index (χ2v) is 9.78. The fraction of sp³-hybridized carbons (Fsp3) is 0.556. The third kappa shape index (κ3) is 5.45. The molecule has 0 aliphatic heterocycles. The van der Waals surface area contributed by atoms with Gasteiger partial charge in [-0.3, -0.25) is 28.8 Å². The SMILES string of the molecule is CC(=O)O[C@H]1C[C@@H](OC(C)=O)c2c1c1c(c3c2[C@@H](OC(C)=O)C[C@H]3OC(C)=O)[C@@H](OC(C)=O)C[C@H]1OC(C)=O. The number of carbonyl (C=O) groups is 6. The van der Waals surface area contributed by atoms with Crippen LogP contribution in [0.4, 0.5) is 0 Å². The summed E-state index contributed by atoms with van der Waals surface area (Å²) >= 11 is 0. The molecule has 12 nitrogen and oxygen atoms in total. The van der Waals surface area contributed by atoms with E-state index in [4.69, 9.17) is 28.4 Å². The van der Waals surface area contributed by atoms with Crippen molar-refractivity contribution < 1.29 is 57.2 Å². The lowest BCUT2D eigenvalue weighted by Crippen LogP contribution is -2.16. The Morgan fingerprint density at radius 2 is 0.487 bits per heavy atom. The van der Waals surface area contributed by atoms with Gasteiger partial charge in [-0.25, -0.2) is 0 Å². The molecular weight excluding hydrogens is 516 g/mol. The van der Waals surface area contributed by atoms with Crippen molar-refractivity contribution in [2.45, 2.75) is 97.4 Å². The maximum Gasteiger partial charge on any atom is 0.303 e. The summed E-state index contributed by atoms with van der Waals surface area (Å²) in [6.45, 7) is 7.39. The van der Waals surface area contributed by atoms with E-state index in [-0.39, 0.29) is 19.3 Å². The summed E-state index contributed by atoms with van der Waals surface area (Å²) in [5.74, 6) is -3.60. The first-order valence-corrected chi connectivity index (χ1v) is 12.5. The predicted octanol–water partition coefficient (Wildman–Crippen LogP) is 3.52. The topological polar surface area (TPSA) is 158 Å². The molecule has 39 heavy (non-hydrogen) atoms. The molecule has 3 aliphatic carbocycles. The Hall–Kier alpha value is -3.96. The van der Waals surface area contributed by atoms with E-state index in [0.29, 0.717) is 33.4 Å². The highest BCUT2D eigenvalue weighted by Crippen LogP contribution is 2.61. The van der Waals surface area contributed by atoms with E-state index in [1.807, 2.05) is 0 Å². The number of rotatable bonds is 6. The van der Waals surface area contributed by atoms with E-state index < -0.39 is 72.4 Å². The van der Waals surface area contributed by atoms with Gasteiger partial charge >= 0.3 is 35.8 Å². The molecule has 0 bridgehead atoms. The van der Waals surface area contributed by atoms with Crippen molar-refractivity contribution >= 4 is 35.8 Å². The van der Waals surface area contributed by atoms with Gasteiger partial charge in [-0.1, -0.05) is 0 Å². The van der Waals surface area contributed by atoms with Gasteiger partial charge in [0.2, 0.25) is 0 Å². The highest BCUT2D eigenvalue weighted by atomic mass is 16.6. The number of benzene rings is 1. The summed E-state index contributed by atoms with van der Waals surface area (Å²) in [5.41, 5.74) is 2.54. The van der Waals surface area contributed by atoms with Crippen molar-refractivity contribution in [3.8, 4) is 0 Å². The highest BCUT2D eigenvalue weighted by molar-refractivity contribution is 5.74. The molecule has 0 aromatic heterocycles. The molecule has 210 valence electrons. The Labute approximate surface area is 224 Å². The third-order valence-electron chi connectivity index (χ3n) is 6.81. The van der Waals surface area contributed by atoms with Crippen LogP contribution in [0.25, 0.3) is 0 Å². The molecule has 6 atom stereocenters. The number of esters is 6. The molecule has 12 heteroatoms. The zero-order valence-electron chi connectivity index (χ0n) is 22.5. The van der Waals surface area contributed by atoms with Gasteiger partial charge in [0.15, 0.2) is 0 Å². The standard InChI is InChI=1S/C27H30O12/c1-10(28)34-16-7-17(35-11(2)29)23-22(16)24-18(36-12(3)30)8-19(37-13(4)31)26(24)27-21(39-15(6)33)9-20(25(23)27)38-14(5)32/h16-21H,7-9H2,1-6H3/t16-,17+,18+,19-,20-,21+. The molecule has 4 rings (SSSR count). The minimum atomic E-state index is -0.916. The average Bonchev–Trinajstić information content (AvgIpc) is 3.38. The molecule has 0 radical (unpaired) electrons. The van der Waals surface area contributed by atoms with Crippen LogP contribution in [0, 0.1) is 0 Å². The highest BCUT2D eigenvalue weighted by Gasteiger charge is 2.53.